The first-order valence-corrected chi connectivity index (χ1v) is 13.0. The lowest BCUT2D eigenvalue weighted by Gasteiger charge is -2.27. The number of amides is 2. The third-order valence-corrected chi connectivity index (χ3v) is 7.22. The first-order valence-electron chi connectivity index (χ1n) is 11.2. The lowest BCUT2D eigenvalue weighted by Crippen LogP contribution is -2.39. The van der Waals surface area contributed by atoms with Crippen LogP contribution in [0.3, 0.4) is 0 Å². The number of carboxylic acid groups (broad SMARTS) is 1. The smallest absolute Gasteiger partial charge is 0.322 e. The molecule has 2 amide bonds. The van der Waals surface area contributed by atoms with E-state index in [-0.39, 0.29) is 5.91 Å². The highest BCUT2D eigenvalue weighted by Crippen LogP contribution is 2.29. The zero-order valence-electron chi connectivity index (χ0n) is 19.0. The molecule has 0 saturated carbocycles. The number of thiazole rings is 1. The van der Waals surface area contributed by atoms with Gasteiger partial charge in [-0.05, 0) is 30.0 Å². The van der Waals surface area contributed by atoms with Crippen LogP contribution in [0.4, 0.5) is 5.13 Å². The fourth-order valence-corrected chi connectivity index (χ4v) is 5.20. The molecular weight excluding hydrogens is 488 g/mol. The van der Waals surface area contributed by atoms with Crippen LogP contribution >= 0.6 is 22.7 Å². The minimum absolute atomic E-state index is 0.0617. The van der Waals surface area contributed by atoms with Crippen molar-refractivity contribution in [2.45, 2.75) is 6.42 Å². The van der Waals surface area contributed by atoms with Crippen molar-refractivity contribution in [3.63, 3.8) is 0 Å². The highest BCUT2D eigenvalue weighted by Gasteiger charge is 2.22. The summed E-state index contributed by atoms with van der Waals surface area (Å²) in [4.78, 5) is 45.4. The zero-order valence-corrected chi connectivity index (χ0v) is 20.6. The summed E-state index contributed by atoms with van der Waals surface area (Å²) in [5.41, 5.74) is 1.88. The second-order valence-corrected chi connectivity index (χ2v) is 9.69. The summed E-state index contributed by atoms with van der Waals surface area (Å²) >= 11 is 2.82. The van der Waals surface area contributed by atoms with Crippen molar-refractivity contribution in [2.75, 3.05) is 50.8 Å². The van der Waals surface area contributed by atoms with Crippen LogP contribution < -0.4 is 10.2 Å². The number of rotatable bonds is 10. The standard InChI is InChI=1S/C24H26N4O5S2/c29-21(30)15-25-22(31)18-6-4-17(5-7-18)19-16-35-24(26-19)28(23(32)20-3-1-14-34-20)9-2-8-27-10-12-33-13-11-27/h1,3-7,14,16H,2,8-13,15H2,(H,25,31)(H,29,30). The number of ether oxygens (including phenoxy) is 1. The minimum Gasteiger partial charge on any atom is -0.480 e. The van der Waals surface area contributed by atoms with Gasteiger partial charge in [-0.2, -0.15) is 0 Å². The van der Waals surface area contributed by atoms with Gasteiger partial charge in [0, 0.05) is 42.7 Å². The Morgan fingerprint density at radius 2 is 1.89 bits per heavy atom. The number of hydrogen-bond acceptors (Lipinski definition) is 8. The molecule has 1 saturated heterocycles. The maximum absolute atomic E-state index is 13.2. The van der Waals surface area contributed by atoms with Gasteiger partial charge in [-0.25, -0.2) is 4.98 Å². The van der Waals surface area contributed by atoms with E-state index in [2.05, 4.69) is 10.2 Å². The molecule has 0 atom stereocenters. The highest BCUT2D eigenvalue weighted by molar-refractivity contribution is 7.14. The second kappa shape index (κ2) is 12.0. The van der Waals surface area contributed by atoms with Crippen molar-refractivity contribution in [1.29, 1.82) is 0 Å². The Labute approximate surface area is 211 Å². The summed E-state index contributed by atoms with van der Waals surface area (Å²) < 4.78 is 5.41. The SMILES string of the molecule is O=C(O)CNC(=O)c1ccc(-c2csc(N(CCCN3CCOCC3)C(=O)c3cccs3)n2)cc1. The lowest BCUT2D eigenvalue weighted by molar-refractivity contribution is -0.135. The highest BCUT2D eigenvalue weighted by atomic mass is 32.1. The van der Waals surface area contributed by atoms with Crippen LogP contribution in [-0.2, 0) is 9.53 Å². The maximum atomic E-state index is 13.2. The quantitative estimate of drug-likeness (QED) is 0.428. The van der Waals surface area contributed by atoms with Crippen molar-refractivity contribution in [2.24, 2.45) is 0 Å². The topological polar surface area (TPSA) is 112 Å². The largest absolute Gasteiger partial charge is 0.480 e. The van der Waals surface area contributed by atoms with E-state index >= 15 is 0 Å². The fraction of sp³-hybridized carbons (Fsp3) is 0.333. The molecule has 184 valence electrons. The van der Waals surface area contributed by atoms with E-state index in [0.29, 0.717) is 27.8 Å². The first kappa shape index (κ1) is 25.0. The number of carbonyl (C=O) groups excluding carboxylic acids is 2. The number of aliphatic carboxylic acids is 1. The summed E-state index contributed by atoms with van der Waals surface area (Å²) in [5.74, 6) is -1.62. The second-order valence-electron chi connectivity index (χ2n) is 7.91. The molecule has 3 heterocycles. The molecule has 1 aliphatic rings. The van der Waals surface area contributed by atoms with E-state index in [9.17, 15) is 14.4 Å². The van der Waals surface area contributed by atoms with Gasteiger partial charge in [0.25, 0.3) is 11.8 Å². The van der Waals surface area contributed by atoms with Crippen molar-refractivity contribution in [3.8, 4) is 11.3 Å². The van der Waals surface area contributed by atoms with E-state index in [4.69, 9.17) is 14.8 Å². The summed E-state index contributed by atoms with van der Waals surface area (Å²) in [6, 6.07) is 10.5. The van der Waals surface area contributed by atoms with Gasteiger partial charge >= 0.3 is 5.97 Å². The van der Waals surface area contributed by atoms with Gasteiger partial charge < -0.3 is 15.2 Å². The molecule has 0 radical (unpaired) electrons. The number of carbonyl (C=O) groups is 3. The normalized spacial score (nSPS) is 13.9. The van der Waals surface area contributed by atoms with Crippen LogP contribution in [0.1, 0.15) is 26.5 Å². The van der Waals surface area contributed by atoms with Crippen LogP contribution in [0, 0.1) is 0 Å². The van der Waals surface area contributed by atoms with Crippen LogP contribution in [0.5, 0.6) is 0 Å². The summed E-state index contributed by atoms with van der Waals surface area (Å²) in [6.45, 7) is 4.32. The van der Waals surface area contributed by atoms with Gasteiger partial charge in [0.1, 0.15) is 6.54 Å². The molecule has 1 fully saturated rings. The molecule has 4 rings (SSSR count). The molecule has 1 aliphatic heterocycles. The van der Waals surface area contributed by atoms with Crippen molar-refractivity contribution < 1.29 is 24.2 Å². The third-order valence-electron chi connectivity index (χ3n) is 5.50. The van der Waals surface area contributed by atoms with Crippen LogP contribution in [-0.4, -0.2) is 78.7 Å². The first-order chi connectivity index (χ1) is 17.0. The molecule has 0 spiro atoms. The summed E-state index contributed by atoms with van der Waals surface area (Å²) in [6.07, 6.45) is 0.826. The van der Waals surface area contributed by atoms with Crippen molar-refractivity contribution >= 4 is 45.6 Å². The molecule has 9 nitrogen and oxygen atoms in total. The minimum atomic E-state index is -1.10. The molecule has 2 N–H and O–H groups in total. The van der Waals surface area contributed by atoms with Gasteiger partial charge in [-0.3, -0.25) is 24.2 Å². The molecule has 11 heteroatoms. The Morgan fingerprint density at radius 1 is 1.11 bits per heavy atom. The van der Waals surface area contributed by atoms with Gasteiger partial charge in [0.05, 0.1) is 23.8 Å². The van der Waals surface area contributed by atoms with E-state index < -0.39 is 18.4 Å². The predicted molar refractivity (Wildman–Crippen MR) is 135 cm³/mol. The molecule has 0 bridgehead atoms. The molecule has 35 heavy (non-hydrogen) atoms. The zero-order chi connectivity index (χ0) is 24.6. The van der Waals surface area contributed by atoms with E-state index in [0.717, 1.165) is 44.8 Å². The van der Waals surface area contributed by atoms with Crippen LogP contribution in [0.15, 0.2) is 47.2 Å². The predicted octanol–water partition coefficient (Wildman–Crippen LogP) is 3.06. The van der Waals surface area contributed by atoms with Crippen molar-refractivity contribution in [1.82, 2.24) is 15.2 Å². The van der Waals surface area contributed by atoms with Crippen LogP contribution in [0.2, 0.25) is 0 Å². The van der Waals surface area contributed by atoms with E-state index in [1.807, 2.05) is 22.9 Å². The Kier molecular flexibility index (Phi) is 8.59. The Morgan fingerprint density at radius 3 is 2.57 bits per heavy atom. The average molecular weight is 515 g/mol. The molecule has 0 aliphatic carbocycles. The number of nitrogens with one attached hydrogen (secondary N) is 1. The van der Waals surface area contributed by atoms with Gasteiger partial charge in [-0.15, -0.1) is 22.7 Å². The molecule has 0 unspecified atom stereocenters. The van der Waals surface area contributed by atoms with E-state index in [1.165, 1.54) is 22.7 Å². The molecule has 1 aromatic carbocycles. The van der Waals surface area contributed by atoms with E-state index in [1.54, 1.807) is 29.2 Å². The van der Waals surface area contributed by atoms with Gasteiger partial charge in [0.2, 0.25) is 0 Å². The Hall–Kier alpha value is -3.12. The summed E-state index contributed by atoms with van der Waals surface area (Å²) in [5, 5.41) is 15.5. The number of morpholine rings is 1. The molecule has 2 aromatic heterocycles. The maximum Gasteiger partial charge on any atom is 0.322 e. The average Bonchev–Trinajstić information content (AvgIpc) is 3.58. The number of benzene rings is 1. The third kappa shape index (κ3) is 6.73. The lowest BCUT2D eigenvalue weighted by atomic mass is 10.1. The van der Waals surface area contributed by atoms with Gasteiger partial charge in [-0.1, -0.05) is 18.2 Å². The molecule has 3 aromatic rings. The monoisotopic (exact) mass is 514 g/mol. The Balaban J connectivity index is 1.46. The number of aromatic nitrogens is 1. The number of hydrogen-bond donors (Lipinski definition) is 2. The number of thiophene rings is 1. The number of anilines is 1. The van der Waals surface area contributed by atoms with Gasteiger partial charge in [0.15, 0.2) is 5.13 Å². The fourth-order valence-electron chi connectivity index (χ4n) is 3.67. The number of nitrogens with zero attached hydrogens (tertiary/aromatic N) is 3. The van der Waals surface area contributed by atoms with Crippen LogP contribution in [0.25, 0.3) is 11.3 Å². The van der Waals surface area contributed by atoms with Crippen molar-refractivity contribution in [3.05, 3.63) is 57.6 Å². The number of carboxylic acids is 1. The Bertz CT molecular complexity index is 1140. The summed E-state index contributed by atoms with van der Waals surface area (Å²) in [7, 11) is 0. The molecular formula is C24H26N4O5S2.